The van der Waals surface area contributed by atoms with E-state index in [-0.39, 0.29) is 54.3 Å². The van der Waals surface area contributed by atoms with Crippen LogP contribution in [-0.2, 0) is 42.4 Å². The van der Waals surface area contributed by atoms with Crippen LogP contribution in [0.1, 0.15) is 67.3 Å². The number of unbranched alkanes of at least 4 members (excludes halogenated alkanes) is 1. The average molecular weight is 842 g/mol. The highest BCUT2D eigenvalue weighted by Gasteiger charge is 2.66. The van der Waals surface area contributed by atoms with Crippen LogP contribution in [0.5, 0.6) is 5.75 Å². The second-order valence-corrected chi connectivity index (χ2v) is 21.7. The Balaban J connectivity index is 1.20. The number of hydrogen-bond acceptors (Lipinski definition) is 9. The van der Waals surface area contributed by atoms with Crippen LogP contribution in [0.15, 0.2) is 103 Å². The van der Waals surface area contributed by atoms with Crippen molar-refractivity contribution in [1.82, 2.24) is 15.0 Å². The van der Waals surface area contributed by atoms with Crippen molar-refractivity contribution in [1.29, 1.82) is 0 Å². The van der Waals surface area contributed by atoms with E-state index in [2.05, 4.69) is 48.5 Å². The van der Waals surface area contributed by atoms with E-state index in [1.54, 1.807) is 12.0 Å². The molecule has 3 aliphatic heterocycles. The molecule has 0 radical (unpaired) electrons. The summed E-state index contributed by atoms with van der Waals surface area (Å²) in [6.07, 6.45) is 4.58. The van der Waals surface area contributed by atoms with Crippen molar-refractivity contribution in [2.24, 2.45) is 5.92 Å². The van der Waals surface area contributed by atoms with E-state index in [1.807, 2.05) is 94.6 Å². The Hall–Kier alpha value is -5.63. The Morgan fingerprint density at radius 3 is 2.43 bits per heavy atom. The number of fused-ring (bicyclic) bond motifs is 3. The first-order chi connectivity index (χ1) is 29.5. The van der Waals surface area contributed by atoms with E-state index in [4.69, 9.17) is 14.2 Å². The number of aryl methyl sites for hydroxylation is 2. The summed E-state index contributed by atoms with van der Waals surface area (Å²) < 4.78 is 19.7. The van der Waals surface area contributed by atoms with Gasteiger partial charge in [-0.3, -0.25) is 24.0 Å². The Kier molecular flexibility index (Phi) is 12.0. The number of carbonyl (C=O) groups is 3. The largest absolute Gasteiger partial charge is 0.497 e. The molecule has 0 saturated carbocycles. The Bertz CT molecular complexity index is 2390. The minimum atomic E-state index is -2.47. The molecule has 318 valence electrons. The molecule has 1 spiro atoms. The molecule has 12 nitrogen and oxygen atoms in total. The lowest BCUT2D eigenvalue weighted by atomic mass is 9.82. The molecule has 3 aliphatic rings. The Morgan fingerprint density at radius 2 is 1.69 bits per heavy atom. The lowest BCUT2D eigenvalue weighted by molar-refractivity contribution is -0.146. The zero-order valence-electron chi connectivity index (χ0n) is 35.6. The third-order valence-electron chi connectivity index (χ3n) is 13.3. The minimum Gasteiger partial charge on any atom is -0.497 e. The van der Waals surface area contributed by atoms with E-state index in [0.717, 1.165) is 33.8 Å². The minimum absolute atomic E-state index is 0.00350. The van der Waals surface area contributed by atoms with Crippen molar-refractivity contribution in [3.63, 3.8) is 0 Å². The maximum atomic E-state index is 15.5. The second-order valence-electron chi connectivity index (χ2n) is 17.0. The number of hydrogen-bond donors (Lipinski definition) is 1. The van der Waals surface area contributed by atoms with Gasteiger partial charge in [-0.05, 0) is 78.7 Å². The van der Waals surface area contributed by atoms with E-state index in [0.29, 0.717) is 56.6 Å². The molecule has 5 atom stereocenters. The van der Waals surface area contributed by atoms with Crippen molar-refractivity contribution >= 4 is 48.1 Å². The number of methoxy groups -OCH3 is 2. The lowest BCUT2D eigenvalue weighted by Crippen LogP contribution is -2.52. The fraction of sp³-hybridized carbons (Fsp3) is 0.396. The van der Waals surface area contributed by atoms with Gasteiger partial charge in [0.1, 0.15) is 5.75 Å². The van der Waals surface area contributed by atoms with E-state index in [9.17, 15) is 14.7 Å². The lowest BCUT2D eigenvalue weighted by Gasteiger charge is -2.37. The maximum Gasteiger partial charge on any atom is 0.305 e. The van der Waals surface area contributed by atoms with Crippen molar-refractivity contribution in [2.45, 2.75) is 88.3 Å². The Labute approximate surface area is 358 Å². The highest BCUT2D eigenvalue weighted by Crippen LogP contribution is 2.60. The number of ether oxygens (including phenoxy) is 3. The quantitative estimate of drug-likeness (QED) is 0.0671. The molecule has 1 unspecified atom stereocenters. The summed E-state index contributed by atoms with van der Waals surface area (Å²) in [6.45, 7) is 7.66. The van der Waals surface area contributed by atoms with Gasteiger partial charge in [-0.15, -0.1) is 5.10 Å². The smallest absolute Gasteiger partial charge is 0.305 e. The summed E-state index contributed by atoms with van der Waals surface area (Å²) in [4.78, 5) is 44.9. The number of rotatable bonds is 15. The SMILES string of the molecule is COC(=O)CCCCN1C(=O)[C@]2(O[C@H](CCn3cc(C(CO)c4ccccc4)nn3)[C@@H]([Si](C)(C)c3ccc(OC)cc3)[C@@H]2C)c2cc(N3C(=O)CCc4ccccc43)ccc21. The first-order valence-electron chi connectivity index (χ1n) is 21.3. The number of anilines is 3. The number of nitrogens with zero attached hydrogens (tertiary/aromatic N) is 5. The topological polar surface area (TPSA) is 136 Å². The number of amides is 2. The summed E-state index contributed by atoms with van der Waals surface area (Å²) in [5.41, 5.74) is 4.43. The van der Waals surface area contributed by atoms with Crippen LogP contribution in [0, 0.1) is 5.92 Å². The summed E-state index contributed by atoms with van der Waals surface area (Å²) in [7, 11) is 0.576. The zero-order chi connectivity index (χ0) is 42.9. The van der Waals surface area contributed by atoms with Crippen LogP contribution < -0.4 is 19.7 Å². The van der Waals surface area contributed by atoms with Gasteiger partial charge in [-0.25, -0.2) is 0 Å². The van der Waals surface area contributed by atoms with Gasteiger partial charge in [0.25, 0.3) is 5.91 Å². The monoisotopic (exact) mass is 841 g/mol. The third-order valence-corrected chi connectivity index (χ3v) is 17.7. The van der Waals surface area contributed by atoms with Crippen molar-refractivity contribution in [3.8, 4) is 5.75 Å². The van der Waals surface area contributed by atoms with Crippen LogP contribution >= 0.6 is 0 Å². The fourth-order valence-electron chi connectivity index (χ4n) is 10.2. The molecule has 0 bridgehead atoms. The number of para-hydroxylation sites is 1. The maximum absolute atomic E-state index is 15.5. The average Bonchev–Trinajstić information content (AvgIpc) is 3.94. The molecule has 2 amide bonds. The summed E-state index contributed by atoms with van der Waals surface area (Å²) >= 11 is 0. The molecule has 4 aromatic carbocycles. The standard InChI is InChI=1S/C48H55N5O7Si/c1-32-46(61(4,5)37-22-20-36(58-2)21-23-37)43(26-28-51-30-40(49-50-51)38(31-54)33-13-7-6-8-14-33)60-48(32)39-29-35(53-41-16-10-9-15-34(41)18-25-44(53)55)19-24-42(39)52(47(48)57)27-12-11-17-45(56)59-3/h6-10,13-16,19-24,29-30,32,38,43,46,54H,11-12,17-18,25-28,31H2,1-5H3/t32-,38?,43+,46-,48+/m0/s1. The van der Waals surface area contributed by atoms with Crippen LogP contribution in [0.2, 0.25) is 18.6 Å². The van der Waals surface area contributed by atoms with Gasteiger partial charge < -0.3 is 24.2 Å². The molecule has 1 fully saturated rings. The van der Waals surface area contributed by atoms with Crippen LogP contribution in [0.25, 0.3) is 0 Å². The van der Waals surface area contributed by atoms with Gasteiger partial charge in [-0.1, -0.05) is 91.1 Å². The normalized spacial score (nSPS) is 21.4. The number of benzene rings is 4. The van der Waals surface area contributed by atoms with Crippen LogP contribution in [-0.4, -0.2) is 79.4 Å². The predicted octanol–water partition coefficient (Wildman–Crippen LogP) is 7.02. The molecule has 1 aromatic heterocycles. The summed E-state index contributed by atoms with van der Waals surface area (Å²) in [6, 6.07) is 32.0. The molecule has 4 heterocycles. The van der Waals surface area contributed by atoms with E-state index >= 15 is 4.79 Å². The highest BCUT2D eigenvalue weighted by molar-refractivity contribution is 6.91. The highest BCUT2D eigenvalue weighted by atomic mass is 28.3. The van der Waals surface area contributed by atoms with Crippen molar-refractivity contribution in [2.75, 3.05) is 37.2 Å². The van der Waals surface area contributed by atoms with E-state index in [1.165, 1.54) is 12.3 Å². The molecular weight excluding hydrogens is 787 g/mol. The van der Waals surface area contributed by atoms with Gasteiger partial charge in [-0.2, -0.15) is 0 Å². The van der Waals surface area contributed by atoms with Gasteiger partial charge in [0.05, 0.1) is 58.0 Å². The molecule has 8 rings (SSSR count). The number of aromatic nitrogens is 3. The van der Waals surface area contributed by atoms with Gasteiger partial charge >= 0.3 is 5.97 Å². The molecule has 1 saturated heterocycles. The fourth-order valence-corrected chi connectivity index (χ4v) is 14.2. The van der Waals surface area contributed by atoms with Gasteiger partial charge in [0, 0.05) is 49.3 Å². The summed E-state index contributed by atoms with van der Waals surface area (Å²) in [5, 5.41) is 20.6. The summed E-state index contributed by atoms with van der Waals surface area (Å²) in [5.74, 6) is -0.205. The molecule has 1 N–H and O–H groups in total. The van der Waals surface area contributed by atoms with Crippen molar-refractivity contribution in [3.05, 3.63) is 126 Å². The van der Waals surface area contributed by atoms with Gasteiger partial charge in [0.15, 0.2) is 5.60 Å². The predicted molar refractivity (Wildman–Crippen MR) is 236 cm³/mol. The number of aliphatic hydroxyl groups is 1. The number of aliphatic hydroxyl groups excluding tert-OH is 1. The zero-order valence-corrected chi connectivity index (χ0v) is 36.6. The molecular formula is C48H55N5O7Si. The second kappa shape index (κ2) is 17.4. The molecule has 13 heteroatoms. The third kappa shape index (κ3) is 7.68. The first kappa shape index (κ1) is 42.1. The van der Waals surface area contributed by atoms with Crippen molar-refractivity contribution < 1.29 is 33.7 Å². The number of carbonyl (C=O) groups excluding carboxylic acids is 3. The van der Waals surface area contributed by atoms with E-state index < -0.39 is 13.7 Å². The Morgan fingerprint density at radius 1 is 0.934 bits per heavy atom. The first-order valence-corrected chi connectivity index (χ1v) is 24.4. The molecule has 61 heavy (non-hydrogen) atoms. The molecule has 5 aromatic rings. The number of esters is 1. The van der Waals surface area contributed by atoms with Crippen LogP contribution in [0.4, 0.5) is 17.1 Å². The van der Waals surface area contributed by atoms with Gasteiger partial charge in [0.2, 0.25) is 5.91 Å². The van der Waals surface area contributed by atoms with Crippen LogP contribution in [0.3, 0.4) is 0 Å². The molecule has 0 aliphatic carbocycles.